The molecule has 0 aliphatic rings. The van der Waals surface area contributed by atoms with Gasteiger partial charge in [0.2, 0.25) is 5.91 Å². The molecule has 1 N–H and O–H groups in total. The number of methoxy groups -OCH3 is 1. The number of ether oxygens (including phenoxy) is 1. The van der Waals surface area contributed by atoms with Gasteiger partial charge in [-0.05, 0) is 16.7 Å². The first-order valence-corrected chi connectivity index (χ1v) is 11.7. The van der Waals surface area contributed by atoms with Gasteiger partial charge in [0.1, 0.15) is 6.04 Å². The summed E-state index contributed by atoms with van der Waals surface area (Å²) >= 11 is 0. The van der Waals surface area contributed by atoms with Gasteiger partial charge in [0.25, 0.3) is 0 Å². The molecule has 5 heteroatoms. The van der Waals surface area contributed by atoms with E-state index in [9.17, 15) is 14.4 Å². The molecule has 0 spiro atoms. The lowest BCUT2D eigenvalue weighted by Crippen LogP contribution is -2.45. The third-order valence-electron chi connectivity index (χ3n) is 6.02. The highest BCUT2D eigenvalue weighted by Crippen LogP contribution is 2.25. The van der Waals surface area contributed by atoms with E-state index in [-0.39, 0.29) is 18.1 Å². The molecule has 1 atom stereocenters. The molecule has 1 amide bonds. The SMILES string of the molecule is COC(=O)[C@H](Cc1ccc(C(=O)c2ccccc2)cc1)NC(=O)C(c1ccccc1)c1ccccc1. The number of nitrogens with one attached hydrogen (secondary N) is 1. The molecule has 0 aromatic heterocycles. The van der Waals surface area contributed by atoms with Crippen LogP contribution in [0.4, 0.5) is 0 Å². The van der Waals surface area contributed by atoms with Crippen molar-refractivity contribution >= 4 is 17.7 Å². The molecule has 0 bridgehead atoms. The van der Waals surface area contributed by atoms with Crippen LogP contribution in [0.3, 0.4) is 0 Å². The number of carbonyl (C=O) groups is 3. The smallest absolute Gasteiger partial charge is 0.328 e. The zero-order valence-corrected chi connectivity index (χ0v) is 20.0. The molecule has 0 unspecified atom stereocenters. The molecular formula is C31H27NO4. The summed E-state index contributed by atoms with van der Waals surface area (Å²) in [7, 11) is 1.30. The highest BCUT2D eigenvalue weighted by atomic mass is 16.5. The van der Waals surface area contributed by atoms with Crippen LogP contribution in [0.5, 0.6) is 0 Å². The van der Waals surface area contributed by atoms with E-state index in [2.05, 4.69) is 5.32 Å². The number of esters is 1. The van der Waals surface area contributed by atoms with Crippen molar-refractivity contribution in [2.24, 2.45) is 0 Å². The summed E-state index contributed by atoms with van der Waals surface area (Å²) in [6.45, 7) is 0. The Morgan fingerprint density at radius 1 is 0.667 bits per heavy atom. The number of amides is 1. The Kier molecular flexibility index (Phi) is 8.04. The Bertz CT molecular complexity index is 1260. The summed E-state index contributed by atoms with van der Waals surface area (Å²) < 4.78 is 4.99. The highest BCUT2D eigenvalue weighted by molar-refractivity contribution is 6.08. The molecule has 4 aromatic rings. The van der Waals surface area contributed by atoms with Crippen molar-refractivity contribution in [2.75, 3.05) is 7.11 Å². The quantitative estimate of drug-likeness (QED) is 0.274. The second-order valence-corrected chi connectivity index (χ2v) is 8.43. The fraction of sp³-hybridized carbons (Fsp3) is 0.129. The third-order valence-corrected chi connectivity index (χ3v) is 6.02. The molecule has 4 rings (SSSR count). The number of benzene rings is 4. The van der Waals surface area contributed by atoms with Crippen molar-refractivity contribution in [2.45, 2.75) is 18.4 Å². The summed E-state index contributed by atoms with van der Waals surface area (Å²) in [6.07, 6.45) is 0.231. The average Bonchev–Trinajstić information content (AvgIpc) is 2.94. The summed E-state index contributed by atoms with van der Waals surface area (Å²) in [5.74, 6) is -1.48. The van der Waals surface area contributed by atoms with Gasteiger partial charge in [0.05, 0.1) is 13.0 Å². The maximum absolute atomic E-state index is 13.5. The van der Waals surface area contributed by atoms with Gasteiger partial charge >= 0.3 is 5.97 Å². The molecule has 36 heavy (non-hydrogen) atoms. The standard InChI is InChI=1S/C31H27NO4/c1-36-31(35)27(21-22-17-19-26(20-18-22)29(33)25-15-9-4-10-16-25)32-30(34)28(23-11-5-2-6-12-23)24-13-7-3-8-14-24/h2-20,27-28H,21H2,1H3,(H,32,34)/t27-/m0/s1. The van der Waals surface area contributed by atoms with Crippen LogP contribution in [0.1, 0.15) is 38.5 Å². The van der Waals surface area contributed by atoms with Gasteiger partial charge in [-0.3, -0.25) is 9.59 Å². The first-order valence-electron chi connectivity index (χ1n) is 11.7. The van der Waals surface area contributed by atoms with E-state index >= 15 is 0 Å². The van der Waals surface area contributed by atoms with Crippen LogP contribution < -0.4 is 5.32 Å². The molecule has 0 saturated carbocycles. The summed E-state index contributed by atoms with van der Waals surface area (Å²) in [6, 6.07) is 34.1. The third kappa shape index (κ3) is 5.94. The number of hydrogen-bond acceptors (Lipinski definition) is 4. The second-order valence-electron chi connectivity index (χ2n) is 8.43. The van der Waals surface area contributed by atoms with Crippen molar-refractivity contribution in [3.8, 4) is 0 Å². The van der Waals surface area contributed by atoms with Gasteiger partial charge in [0, 0.05) is 17.5 Å². The van der Waals surface area contributed by atoms with Crippen molar-refractivity contribution in [1.82, 2.24) is 5.32 Å². The predicted molar refractivity (Wildman–Crippen MR) is 139 cm³/mol. The minimum absolute atomic E-state index is 0.0754. The topological polar surface area (TPSA) is 72.5 Å². The minimum atomic E-state index is -0.881. The fourth-order valence-electron chi connectivity index (χ4n) is 4.16. The maximum atomic E-state index is 13.5. The Labute approximate surface area is 210 Å². The van der Waals surface area contributed by atoms with Crippen molar-refractivity contribution in [1.29, 1.82) is 0 Å². The van der Waals surface area contributed by atoms with Gasteiger partial charge in [-0.2, -0.15) is 0 Å². The van der Waals surface area contributed by atoms with Crippen LogP contribution in [0.2, 0.25) is 0 Å². The van der Waals surface area contributed by atoms with E-state index in [0.717, 1.165) is 16.7 Å². The zero-order valence-electron chi connectivity index (χ0n) is 20.0. The lowest BCUT2D eigenvalue weighted by atomic mass is 9.90. The van der Waals surface area contributed by atoms with Crippen LogP contribution >= 0.6 is 0 Å². The lowest BCUT2D eigenvalue weighted by Gasteiger charge is -2.22. The summed E-state index contributed by atoms with van der Waals surface area (Å²) in [5, 5.41) is 2.90. The highest BCUT2D eigenvalue weighted by Gasteiger charge is 2.28. The predicted octanol–water partition coefficient (Wildman–Crippen LogP) is 4.95. The molecule has 0 saturated heterocycles. The lowest BCUT2D eigenvalue weighted by molar-refractivity contribution is -0.145. The van der Waals surface area contributed by atoms with Gasteiger partial charge < -0.3 is 10.1 Å². The van der Waals surface area contributed by atoms with E-state index in [4.69, 9.17) is 4.74 Å². The van der Waals surface area contributed by atoms with Crippen molar-refractivity contribution < 1.29 is 19.1 Å². The normalized spacial score (nSPS) is 11.5. The fourth-order valence-corrected chi connectivity index (χ4v) is 4.16. The first-order chi connectivity index (χ1) is 17.6. The molecule has 0 aliphatic heterocycles. The monoisotopic (exact) mass is 477 g/mol. The van der Waals surface area contributed by atoms with Crippen molar-refractivity contribution in [3.05, 3.63) is 143 Å². The van der Waals surface area contributed by atoms with E-state index in [1.807, 2.05) is 78.9 Å². The molecule has 0 aliphatic carbocycles. The molecule has 180 valence electrons. The Hall–Kier alpha value is -4.51. The van der Waals surface area contributed by atoms with Crippen molar-refractivity contribution in [3.63, 3.8) is 0 Å². The zero-order chi connectivity index (χ0) is 25.3. The molecule has 0 fully saturated rings. The molecule has 0 radical (unpaired) electrons. The van der Waals surface area contributed by atoms with Crippen LogP contribution in [-0.4, -0.2) is 30.8 Å². The number of rotatable bonds is 9. The van der Waals surface area contributed by atoms with E-state index in [1.54, 1.807) is 36.4 Å². The molecular weight excluding hydrogens is 450 g/mol. The number of ketones is 1. The maximum Gasteiger partial charge on any atom is 0.328 e. The van der Waals surface area contributed by atoms with Gasteiger partial charge in [-0.15, -0.1) is 0 Å². The van der Waals surface area contributed by atoms with E-state index < -0.39 is 17.9 Å². The van der Waals surface area contributed by atoms with Gasteiger partial charge in [-0.25, -0.2) is 4.79 Å². The minimum Gasteiger partial charge on any atom is -0.467 e. The molecule has 4 aromatic carbocycles. The number of hydrogen-bond donors (Lipinski definition) is 1. The molecule has 0 heterocycles. The largest absolute Gasteiger partial charge is 0.467 e. The second kappa shape index (κ2) is 11.8. The van der Waals surface area contributed by atoms with Crippen LogP contribution in [0.15, 0.2) is 115 Å². The van der Waals surface area contributed by atoms with Crippen LogP contribution in [-0.2, 0) is 20.7 Å². The van der Waals surface area contributed by atoms with Gasteiger partial charge in [-0.1, -0.05) is 115 Å². The Morgan fingerprint density at radius 3 is 1.64 bits per heavy atom. The molecule has 5 nitrogen and oxygen atoms in total. The summed E-state index contributed by atoms with van der Waals surface area (Å²) in [4.78, 5) is 38.8. The Morgan fingerprint density at radius 2 is 1.14 bits per heavy atom. The Balaban J connectivity index is 1.53. The van der Waals surface area contributed by atoms with Crippen LogP contribution in [0, 0.1) is 0 Å². The average molecular weight is 478 g/mol. The first kappa shape index (κ1) is 24.6. The number of carbonyl (C=O) groups excluding carboxylic acids is 3. The summed E-state index contributed by atoms with van der Waals surface area (Å²) in [5.41, 5.74) is 3.61. The van der Waals surface area contributed by atoms with E-state index in [1.165, 1.54) is 7.11 Å². The van der Waals surface area contributed by atoms with Gasteiger partial charge in [0.15, 0.2) is 5.78 Å². The van der Waals surface area contributed by atoms with E-state index in [0.29, 0.717) is 11.1 Å². The van der Waals surface area contributed by atoms with Crippen LogP contribution in [0.25, 0.3) is 0 Å².